The largest absolute Gasteiger partial charge is 0.298 e. The molecule has 0 N–H and O–H groups in total. The van der Waals surface area contributed by atoms with E-state index in [2.05, 4.69) is 44.5 Å². The van der Waals surface area contributed by atoms with Crippen LogP contribution >= 0.6 is 31.9 Å². The minimum absolute atomic E-state index is 0.0176. The maximum atomic E-state index is 13.0. The van der Waals surface area contributed by atoms with Gasteiger partial charge in [-0.05, 0) is 35.6 Å². The van der Waals surface area contributed by atoms with Crippen LogP contribution in [0.15, 0.2) is 39.8 Å². The van der Waals surface area contributed by atoms with Crippen LogP contribution in [0.5, 0.6) is 0 Å². The molecule has 124 valence electrons. The molecular weight excluding hydrogens is 418 g/mol. The van der Waals surface area contributed by atoms with Gasteiger partial charge in [-0.25, -0.2) is 0 Å². The van der Waals surface area contributed by atoms with Crippen LogP contribution in [0.1, 0.15) is 52.0 Å². The van der Waals surface area contributed by atoms with Gasteiger partial charge >= 0.3 is 0 Å². The Balaban J connectivity index is 3.43. The Morgan fingerprint density at radius 2 is 1.83 bits per heavy atom. The van der Waals surface area contributed by atoms with Crippen LogP contribution in [0, 0.1) is 22.2 Å². The summed E-state index contributed by atoms with van der Waals surface area (Å²) in [7, 11) is 0. The van der Waals surface area contributed by atoms with Crippen molar-refractivity contribution in [1.82, 2.24) is 0 Å². The molecule has 1 aromatic carbocycles. The lowest BCUT2D eigenvalue weighted by molar-refractivity contribution is -0.128. The average Bonchev–Trinajstić information content (AvgIpc) is 2.41. The standard InChI is InChI=1S/C19H23Br2NO/c1-6-16(13-8-14(20)10-15(21)9-13)19(7-2,12-22)17(23)11-18(3,4)5/h6,8-10,16H,1,7,11H2,2-5H3/t16-,19+/m0/s1. The Morgan fingerprint density at radius 3 is 2.17 bits per heavy atom. The zero-order chi connectivity index (χ0) is 17.8. The Labute approximate surface area is 156 Å². The Kier molecular flexibility index (Phi) is 6.80. The summed E-state index contributed by atoms with van der Waals surface area (Å²) in [5.74, 6) is -0.364. The van der Waals surface area contributed by atoms with Gasteiger partial charge in [-0.15, -0.1) is 6.58 Å². The van der Waals surface area contributed by atoms with E-state index in [0.717, 1.165) is 14.5 Å². The predicted molar refractivity (Wildman–Crippen MR) is 102 cm³/mol. The second kappa shape index (κ2) is 7.77. The first-order valence-corrected chi connectivity index (χ1v) is 9.21. The summed E-state index contributed by atoms with van der Waals surface area (Å²) in [5.41, 5.74) is -0.334. The van der Waals surface area contributed by atoms with Crippen molar-refractivity contribution in [3.8, 4) is 6.07 Å². The van der Waals surface area contributed by atoms with Gasteiger partial charge < -0.3 is 0 Å². The van der Waals surface area contributed by atoms with Crippen LogP contribution in [-0.4, -0.2) is 5.78 Å². The third kappa shape index (κ3) is 4.78. The molecule has 0 unspecified atom stereocenters. The summed E-state index contributed by atoms with van der Waals surface area (Å²) in [6.45, 7) is 11.8. The Bertz CT molecular complexity index is 620. The summed E-state index contributed by atoms with van der Waals surface area (Å²) >= 11 is 6.95. The van der Waals surface area contributed by atoms with Crippen molar-refractivity contribution in [2.45, 2.75) is 46.5 Å². The summed E-state index contributed by atoms with van der Waals surface area (Å²) in [5, 5.41) is 9.90. The molecule has 1 aromatic rings. The van der Waals surface area contributed by atoms with Crippen molar-refractivity contribution in [2.24, 2.45) is 10.8 Å². The highest BCUT2D eigenvalue weighted by Crippen LogP contribution is 2.44. The van der Waals surface area contributed by atoms with Crippen LogP contribution in [0.2, 0.25) is 0 Å². The molecule has 0 heterocycles. The summed E-state index contributed by atoms with van der Waals surface area (Å²) < 4.78 is 1.81. The minimum atomic E-state index is -1.09. The number of Topliss-reactive ketones (excluding diaryl/α,β-unsaturated/α-hetero) is 1. The lowest BCUT2D eigenvalue weighted by Crippen LogP contribution is -2.37. The first kappa shape index (κ1) is 20.1. The maximum absolute atomic E-state index is 13.0. The third-order valence-electron chi connectivity index (χ3n) is 3.96. The summed E-state index contributed by atoms with van der Waals surface area (Å²) in [6, 6.07) is 8.15. The van der Waals surface area contributed by atoms with Gasteiger partial charge in [0.15, 0.2) is 5.78 Å². The molecule has 0 aliphatic rings. The van der Waals surface area contributed by atoms with Gasteiger partial charge in [0.1, 0.15) is 5.41 Å². The fourth-order valence-corrected chi connectivity index (χ4v) is 4.15. The number of rotatable bonds is 6. The summed E-state index contributed by atoms with van der Waals surface area (Å²) in [4.78, 5) is 13.0. The van der Waals surface area contributed by atoms with Crippen LogP contribution in [0.3, 0.4) is 0 Å². The molecule has 0 fully saturated rings. The van der Waals surface area contributed by atoms with Gasteiger partial charge in [-0.2, -0.15) is 5.26 Å². The van der Waals surface area contributed by atoms with Crippen LogP contribution in [-0.2, 0) is 4.79 Å². The fraction of sp³-hybridized carbons (Fsp3) is 0.474. The molecule has 0 aromatic heterocycles. The molecule has 0 aliphatic carbocycles. The second-order valence-corrected chi connectivity index (χ2v) is 8.84. The number of allylic oxidation sites excluding steroid dienone is 1. The number of nitriles is 1. The van der Waals surface area contributed by atoms with Crippen molar-refractivity contribution in [1.29, 1.82) is 5.26 Å². The number of hydrogen-bond donors (Lipinski definition) is 0. The molecule has 0 radical (unpaired) electrons. The highest BCUT2D eigenvalue weighted by Gasteiger charge is 2.44. The van der Waals surface area contributed by atoms with Gasteiger partial charge in [0.2, 0.25) is 0 Å². The molecule has 0 saturated heterocycles. The molecule has 0 amide bonds. The first-order valence-electron chi connectivity index (χ1n) is 7.62. The lowest BCUT2D eigenvalue weighted by atomic mass is 9.65. The summed E-state index contributed by atoms with van der Waals surface area (Å²) in [6.07, 6.45) is 2.55. The molecule has 0 spiro atoms. The van der Waals surface area contributed by atoms with Gasteiger partial charge in [-0.1, -0.05) is 65.6 Å². The molecule has 1 rings (SSSR count). The SMILES string of the molecule is C=C[C@@H](c1cc(Br)cc(Br)c1)[C@](C#N)(CC)C(=O)CC(C)(C)C. The van der Waals surface area contributed by atoms with Crippen molar-refractivity contribution in [3.63, 3.8) is 0 Å². The number of carbonyl (C=O) groups is 1. The molecular formula is C19H23Br2NO. The van der Waals surface area contributed by atoms with E-state index >= 15 is 0 Å². The van der Waals surface area contributed by atoms with E-state index < -0.39 is 5.41 Å². The number of hydrogen-bond acceptors (Lipinski definition) is 2. The van der Waals surface area contributed by atoms with Gasteiger partial charge in [0, 0.05) is 21.3 Å². The second-order valence-electron chi connectivity index (χ2n) is 7.01. The number of nitrogens with zero attached hydrogens (tertiary/aromatic N) is 1. The van der Waals surface area contributed by atoms with Crippen LogP contribution in [0.25, 0.3) is 0 Å². The molecule has 0 aliphatic heterocycles. The molecule has 2 atom stereocenters. The highest BCUT2D eigenvalue weighted by molar-refractivity contribution is 9.11. The fourth-order valence-electron chi connectivity index (χ4n) is 2.82. The highest BCUT2D eigenvalue weighted by atomic mass is 79.9. The van der Waals surface area contributed by atoms with E-state index in [1.165, 1.54) is 0 Å². The van der Waals surface area contributed by atoms with Crippen molar-refractivity contribution in [3.05, 3.63) is 45.4 Å². The number of halogens is 2. The van der Waals surface area contributed by atoms with E-state index in [4.69, 9.17) is 0 Å². The predicted octanol–water partition coefficient (Wildman–Crippen LogP) is 6.41. The molecule has 2 nitrogen and oxygen atoms in total. The van der Waals surface area contributed by atoms with E-state index in [1.807, 2.05) is 45.9 Å². The number of benzene rings is 1. The van der Waals surface area contributed by atoms with Gasteiger partial charge in [-0.3, -0.25) is 4.79 Å². The van der Waals surface area contributed by atoms with Gasteiger partial charge in [0.05, 0.1) is 6.07 Å². The van der Waals surface area contributed by atoms with E-state index in [-0.39, 0.29) is 17.1 Å². The lowest BCUT2D eigenvalue weighted by Gasteiger charge is -2.33. The van der Waals surface area contributed by atoms with E-state index in [1.54, 1.807) is 6.08 Å². The topological polar surface area (TPSA) is 40.9 Å². The third-order valence-corrected chi connectivity index (χ3v) is 4.87. The number of carbonyl (C=O) groups excluding carboxylic acids is 1. The smallest absolute Gasteiger partial charge is 0.154 e. The van der Waals surface area contributed by atoms with E-state index in [9.17, 15) is 10.1 Å². The molecule has 23 heavy (non-hydrogen) atoms. The number of ketones is 1. The quantitative estimate of drug-likeness (QED) is 0.479. The van der Waals surface area contributed by atoms with Crippen molar-refractivity contribution < 1.29 is 4.79 Å². The average molecular weight is 441 g/mol. The molecule has 0 saturated carbocycles. The van der Waals surface area contributed by atoms with Crippen molar-refractivity contribution in [2.75, 3.05) is 0 Å². The minimum Gasteiger partial charge on any atom is -0.298 e. The molecule has 0 bridgehead atoms. The maximum Gasteiger partial charge on any atom is 0.154 e. The Morgan fingerprint density at radius 1 is 1.30 bits per heavy atom. The zero-order valence-electron chi connectivity index (χ0n) is 14.1. The monoisotopic (exact) mass is 439 g/mol. The van der Waals surface area contributed by atoms with Gasteiger partial charge in [0.25, 0.3) is 0 Å². The zero-order valence-corrected chi connectivity index (χ0v) is 17.3. The van der Waals surface area contributed by atoms with Crippen LogP contribution in [0.4, 0.5) is 0 Å². The van der Waals surface area contributed by atoms with Crippen LogP contribution < -0.4 is 0 Å². The molecule has 4 heteroatoms. The van der Waals surface area contributed by atoms with Crippen molar-refractivity contribution >= 4 is 37.6 Å². The normalized spacial score (nSPS) is 15.3. The first-order chi connectivity index (χ1) is 10.6. The Hall–Kier alpha value is -0.920. The van der Waals surface area contributed by atoms with E-state index in [0.29, 0.717) is 12.8 Å².